The van der Waals surface area contributed by atoms with Crippen molar-refractivity contribution in [1.82, 2.24) is 9.80 Å². The summed E-state index contributed by atoms with van der Waals surface area (Å²) in [6, 6.07) is 2.28. The third-order valence-corrected chi connectivity index (χ3v) is 4.78. The van der Waals surface area contributed by atoms with Crippen LogP contribution in [0.4, 0.5) is 0 Å². The monoisotopic (exact) mass is 284 g/mol. The molecule has 4 heteroatoms. The van der Waals surface area contributed by atoms with E-state index in [0.717, 1.165) is 26.4 Å². The lowest BCUT2D eigenvalue weighted by Gasteiger charge is -2.40. The zero-order chi connectivity index (χ0) is 14.5. The summed E-state index contributed by atoms with van der Waals surface area (Å²) in [5.41, 5.74) is 0. The summed E-state index contributed by atoms with van der Waals surface area (Å²) in [5.74, 6) is 0. The fraction of sp³-hybridized carbons (Fsp3) is 1.00. The Balaban J connectivity index is 1.67. The van der Waals surface area contributed by atoms with Crippen molar-refractivity contribution in [2.45, 2.75) is 64.7 Å². The smallest absolute Gasteiger partial charge is 0.0620 e. The molecule has 0 aromatic heterocycles. The van der Waals surface area contributed by atoms with E-state index in [0.29, 0.717) is 24.2 Å². The number of hydrogen-bond donors (Lipinski definition) is 0. The Labute approximate surface area is 124 Å². The lowest BCUT2D eigenvalue weighted by atomic mass is 10.1. The molecule has 0 aliphatic carbocycles. The lowest BCUT2D eigenvalue weighted by Crippen LogP contribution is -2.51. The van der Waals surface area contributed by atoms with Gasteiger partial charge in [0.05, 0.1) is 26.4 Å². The van der Waals surface area contributed by atoms with Crippen LogP contribution in [0.3, 0.4) is 0 Å². The summed E-state index contributed by atoms with van der Waals surface area (Å²) in [7, 11) is 0. The molecule has 0 aromatic carbocycles. The van der Waals surface area contributed by atoms with Gasteiger partial charge in [0, 0.05) is 24.2 Å². The van der Waals surface area contributed by atoms with E-state index in [4.69, 9.17) is 9.47 Å². The van der Waals surface area contributed by atoms with Gasteiger partial charge in [-0.2, -0.15) is 0 Å². The van der Waals surface area contributed by atoms with Gasteiger partial charge in [-0.1, -0.05) is 0 Å². The summed E-state index contributed by atoms with van der Waals surface area (Å²) in [6.45, 7) is 15.1. The average Bonchev–Trinajstić information content (AvgIpc) is 2.40. The van der Waals surface area contributed by atoms with Crippen molar-refractivity contribution in [3.63, 3.8) is 0 Å². The molecule has 4 unspecified atom stereocenters. The SMILES string of the molecule is CC1COCC(C)N1CCCCN1C(C)COCC1C. The fourth-order valence-corrected chi connectivity index (χ4v) is 3.54. The summed E-state index contributed by atoms with van der Waals surface area (Å²) in [5, 5.41) is 0. The summed E-state index contributed by atoms with van der Waals surface area (Å²) < 4.78 is 11.2. The van der Waals surface area contributed by atoms with Crippen LogP contribution in [-0.4, -0.2) is 73.5 Å². The van der Waals surface area contributed by atoms with Crippen LogP contribution in [0.15, 0.2) is 0 Å². The van der Waals surface area contributed by atoms with Gasteiger partial charge in [-0.3, -0.25) is 9.80 Å². The molecule has 0 bridgehead atoms. The van der Waals surface area contributed by atoms with E-state index in [1.165, 1.54) is 25.9 Å². The summed E-state index contributed by atoms with van der Waals surface area (Å²) in [4.78, 5) is 5.21. The molecule has 2 aliphatic rings. The van der Waals surface area contributed by atoms with Crippen LogP contribution in [0, 0.1) is 0 Å². The molecule has 2 rings (SSSR count). The van der Waals surface area contributed by atoms with E-state index >= 15 is 0 Å². The first-order valence-electron chi connectivity index (χ1n) is 8.26. The second-order valence-corrected chi connectivity index (χ2v) is 6.65. The van der Waals surface area contributed by atoms with Crippen LogP contribution in [-0.2, 0) is 9.47 Å². The zero-order valence-electron chi connectivity index (χ0n) is 13.7. The maximum atomic E-state index is 5.59. The van der Waals surface area contributed by atoms with E-state index < -0.39 is 0 Å². The Morgan fingerprint density at radius 2 is 0.950 bits per heavy atom. The van der Waals surface area contributed by atoms with Crippen LogP contribution in [0.2, 0.25) is 0 Å². The summed E-state index contributed by atoms with van der Waals surface area (Å²) in [6.07, 6.45) is 2.57. The van der Waals surface area contributed by atoms with Gasteiger partial charge >= 0.3 is 0 Å². The second-order valence-electron chi connectivity index (χ2n) is 6.65. The Morgan fingerprint density at radius 3 is 1.25 bits per heavy atom. The normalized spacial score (nSPS) is 37.2. The predicted molar refractivity (Wildman–Crippen MR) is 82.1 cm³/mol. The molecule has 118 valence electrons. The van der Waals surface area contributed by atoms with E-state index in [1.54, 1.807) is 0 Å². The molecular weight excluding hydrogens is 252 g/mol. The summed E-state index contributed by atoms with van der Waals surface area (Å²) >= 11 is 0. The maximum Gasteiger partial charge on any atom is 0.0620 e. The van der Waals surface area contributed by atoms with Crippen molar-refractivity contribution in [3.05, 3.63) is 0 Å². The zero-order valence-corrected chi connectivity index (χ0v) is 13.7. The topological polar surface area (TPSA) is 24.9 Å². The van der Waals surface area contributed by atoms with Gasteiger partial charge in [0.2, 0.25) is 0 Å². The van der Waals surface area contributed by atoms with Crippen LogP contribution >= 0.6 is 0 Å². The highest BCUT2D eigenvalue weighted by atomic mass is 16.5. The molecule has 0 N–H and O–H groups in total. The first kappa shape index (κ1) is 16.2. The van der Waals surface area contributed by atoms with Gasteiger partial charge in [0.25, 0.3) is 0 Å². The van der Waals surface area contributed by atoms with Crippen LogP contribution in [0.5, 0.6) is 0 Å². The van der Waals surface area contributed by atoms with E-state index in [-0.39, 0.29) is 0 Å². The van der Waals surface area contributed by atoms with E-state index in [1.807, 2.05) is 0 Å². The first-order valence-corrected chi connectivity index (χ1v) is 8.26. The number of nitrogens with zero attached hydrogens (tertiary/aromatic N) is 2. The van der Waals surface area contributed by atoms with Gasteiger partial charge in [0.15, 0.2) is 0 Å². The number of rotatable bonds is 5. The fourth-order valence-electron chi connectivity index (χ4n) is 3.54. The molecule has 0 aromatic rings. The van der Waals surface area contributed by atoms with Crippen LogP contribution < -0.4 is 0 Å². The highest BCUT2D eigenvalue weighted by Crippen LogP contribution is 2.16. The number of morpholine rings is 2. The van der Waals surface area contributed by atoms with Gasteiger partial charge in [0.1, 0.15) is 0 Å². The largest absolute Gasteiger partial charge is 0.378 e. The minimum atomic E-state index is 0.569. The molecule has 4 atom stereocenters. The minimum Gasteiger partial charge on any atom is -0.378 e. The van der Waals surface area contributed by atoms with Crippen molar-refractivity contribution in [1.29, 1.82) is 0 Å². The van der Waals surface area contributed by atoms with Gasteiger partial charge < -0.3 is 9.47 Å². The number of unbranched alkanes of at least 4 members (excludes halogenated alkanes) is 1. The first-order chi connectivity index (χ1) is 9.59. The van der Waals surface area contributed by atoms with Crippen molar-refractivity contribution >= 4 is 0 Å². The Bertz CT molecular complexity index is 240. The number of ether oxygens (including phenoxy) is 2. The molecule has 2 heterocycles. The Morgan fingerprint density at radius 1 is 0.650 bits per heavy atom. The highest BCUT2D eigenvalue weighted by Gasteiger charge is 2.26. The predicted octanol–water partition coefficient (Wildman–Crippen LogP) is 1.98. The third-order valence-electron chi connectivity index (χ3n) is 4.78. The van der Waals surface area contributed by atoms with Crippen LogP contribution in [0.1, 0.15) is 40.5 Å². The van der Waals surface area contributed by atoms with Crippen molar-refractivity contribution < 1.29 is 9.47 Å². The minimum absolute atomic E-state index is 0.569. The van der Waals surface area contributed by atoms with Gasteiger partial charge in [-0.25, -0.2) is 0 Å². The Kier molecular flexibility index (Phi) is 6.27. The standard InChI is InChI=1S/C16H32N2O2/c1-13-9-19-10-14(2)17(13)7-5-6-8-18-15(3)11-20-12-16(18)4/h13-16H,5-12H2,1-4H3. The molecule has 20 heavy (non-hydrogen) atoms. The molecule has 4 nitrogen and oxygen atoms in total. The quantitative estimate of drug-likeness (QED) is 0.721. The average molecular weight is 284 g/mol. The molecule has 0 saturated carbocycles. The molecule has 2 fully saturated rings. The highest BCUT2D eigenvalue weighted by molar-refractivity contribution is 4.79. The molecule has 2 saturated heterocycles. The molecule has 2 aliphatic heterocycles. The van der Waals surface area contributed by atoms with Crippen molar-refractivity contribution in [3.8, 4) is 0 Å². The third kappa shape index (κ3) is 4.17. The van der Waals surface area contributed by atoms with Gasteiger partial charge in [-0.05, 0) is 53.6 Å². The number of hydrogen-bond acceptors (Lipinski definition) is 4. The lowest BCUT2D eigenvalue weighted by molar-refractivity contribution is -0.0436. The second kappa shape index (κ2) is 7.74. The van der Waals surface area contributed by atoms with Crippen molar-refractivity contribution in [2.75, 3.05) is 39.5 Å². The molecular formula is C16H32N2O2. The van der Waals surface area contributed by atoms with Crippen molar-refractivity contribution in [2.24, 2.45) is 0 Å². The maximum absolute atomic E-state index is 5.59. The van der Waals surface area contributed by atoms with Gasteiger partial charge in [-0.15, -0.1) is 0 Å². The molecule has 0 amide bonds. The van der Waals surface area contributed by atoms with Crippen LogP contribution in [0.25, 0.3) is 0 Å². The molecule has 0 spiro atoms. The van der Waals surface area contributed by atoms with E-state index in [2.05, 4.69) is 37.5 Å². The van der Waals surface area contributed by atoms with E-state index in [9.17, 15) is 0 Å². The Hall–Kier alpha value is -0.160. The molecule has 0 radical (unpaired) electrons.